The molecule has 4 heterocycles. The van der Waals surface area contributed by atoms with E-state index in [9.17, 15) is 4.79 Å². The van der Waals surface area contributed by atoms with Gasteiger partial charge in [-0.3, -0.25) is 4.79 Å². The number of nitrogens with zero attached hydrogens (tertiary/aromatic N) is 7. The predicted octanol–water partition coefficient (Wildman–Crippen LogP) is 1.32. The van der Waals surface area contributed by atoms with E-state index < -0.39 is 0 Å². The van der Waals surface area contributed by atoms with Gasteiger partial charge in [0.05, 0.1) is 24.2 Å². The van der Waals surface area contributed by atoms with Gasteiger partial charge in [-0.1, -0.05) is 23.4 Å². The van der Waals surface area contributed by atoms with Crippen molar-refractivity contribution < 1.29 is 0 Å². The third-order valence-electron chi connectivity index (χ3n) is 5.20. The van der Waals surface area contributed by atoms with Crippen LogP contribution in [0.15, 0.2) is 53.7 Å². The van der Waals surface area contributed by atoms with E-state index in [4.69, 9.17) is 0 Å². The molecule has 1 saturated heterocycles. The number of fused-ring (bicyclic) bond motifs is 1. The van der Waals surface area contributed by atoms with Crippen LogP contribution in [0.1, 0.15) is 0 Å². The molecule has 1 aromatic carbocycles. The summed E-state index contributed by atoms with van der Waals surface area (Å²) in [5.41, 5.74) is 2.27. The molecule has 1 aliphatic rings. The first kappa shape index (κ1) is 17.5. The van der Waals surface area contributed by atoms with E-state index in [2.05, 4.69) is 42.1 Å². The molecule has 1 aliphatic heterocycles. The largest absolute Gasteiger partial charge is 0.338 e. The molecular formula is C20H20N8O. The zero-order chi connectivity index (χ0) is 19.8. The van der Waals surface area contributed by atoms with Crippen LogP contribution in [0.25, 0.3) is 27.8 Å². The molecule has 0 bridgehead atoms. The number of rotatable bonds is 3. The molecule has 0 unspecified atom stereocenters. The summed E-state index contributed by atoms with van der Waals surface area (Å²) in [6.45, 7) is 3.82. The molecule has 0 radical (unpaired) electrons. The topological polar surface area (TPSA) is 95.8 Å². The monoisotopic (exact) mass is 388 g/mol. The van der Waals surface area contributed by atoms with E-state index in [1.807, 2.05) is 30.3 Å². The Balaban J connectivity index is 1.42. The summed E-state index contributed by atoms with van der Waals surface area (Å²) >= 11 is 0. The van der Waals surface area contributed by atoms with Crippen LogP contribution in [-0.2, 0) is 0 Å². The molecule has 0 spiro atoms. The highest BCUT2D eigenvalue weighted by Gasteiger charge is 2.17. The molecule has 1 fully saturated rings. The summed E-state index contributed by atoms with van der Waals surface area (Å²) < 4.78 is 1.58. The van der Waals surface area contributed by atoms with Crippen LogP contribution in [0.3, 0.4) is 0 Å². The number of hydrogen-bond donors (Lipinski definition) is 1. The number of aromatic amines is 1. The summed E-state index contributed by atoms with van der Waals surface area (Å²) in [7, 11) is 2.12. The second kappa shape index (κ2) is 7.10. The van der Waals surface area contributed by atoms with Crippen molar-refractivity contribution >= 4 is 16.9 Å². The summed E-state index contributed by atoms with van der Waals surface area (Å²) in [4.78, 5) is 28.8. The summed E-state index contributed by atoms with van der Waals surface area (Å²) in [6.07, 6.45) is 5.17. The molecule has 0 amide bonds. The van der Waals surface area contributed by atoms with Gasteiger partial charge >= 0.3 is 0 Å². The summed E-state index contributed by atoms with van der Waals surface area (Å²) in [6, 6.07) is 9.47. The third kappa shape index (κ3) is 3.36. The Bertz CT molecular complexity index is 1210. The Morgan fingerprint density at radius 2 is 1.79 bits per heavy atom. The molecule has 9 heteroatoms. The van der Waals surface area contributed by atoms with Gasteiger partial charge in [0.1, 0.15) is 11.4 Å². The van der Waals surface area contributed by atoms with Gasteiger partial charge in [-0.15, -0.1) is 5.10 Å². The fraction of sp³-hybridized carbons (Fsp3) is 0.250. The van der Waals surface area contributed by atoms with Crippen molar-refractivity contribution in [2.24, 2.45) is 0 Å². The lowest BCUT2D eigenvalue weighted by Crippen LogP contribution is -2.45. The maximum Gasteiger partial charge on any atom is 0.258 e. The van der Waals surface area contributed by atoms with Crippen molar-refractivity contribution in [3.63, 3.8) is 0 Å². The molecule has 1 N–H and O–H groups in total. The minimum atomic E-state index is -0.197. The highest BCUT2D eigenvalue weighted by Crippen LogP contribution is 2.19. The maximum absolute atomic E-state index is 12.5. The van der Waals surface area contributed by atoms with Crippen LogP contribution in [0.5, 0.6) is 0 Å². The van der Waals surface area contributed by atoms with Crippen molar-refractivity contribution in [1.82, 2.24) is 34.8 Å². The number of benzene rings is 1. The molecular weight excluding hydrogens is 368 g/mol. The smallest absolute Gasteiger partial charge is 0.258 e. The van der Waals surface area contributed by atoms with E-state index in [0.717, 1.165) is 37.1 Å². The Kier molecular flexibility index (Phi) is 4.28. The number of piperazine rings is 1. The molecule has 4 aromatic rings. The van der Waals surface area contributed by atoms with Gasteiger partial charge in [-0.05, 0) is 24.6 Å². The van der Waals surface area contributed by atoms with E-state index in [1.165, 1.54) is 0 Å². The molecule has 146 valence electrons. The van der Waals surface area contributed by atoms with Gasteiger partial charge in [0.15, 0.2) is 0 Å². The van der Waals surface area contributed by atoms with Gasteiger partial charge in [-0.25, -0.2) is 14.6 Å². The molecule has 0 atom stereocenters. The highest BCUT2D eigenvalue weighted by atomic mass is 16.1. The lowest BCUT2D eigenvalue weighted by molar-refractivity contribution is 0.311. The van der Waals surface area contributed by atoms with Crippen LogP contribution >= 0.6 is 0 Å². The Morgan fingerprint density at radius 3 is 2.59 bits per heavy atom. The van der Waals surface area contributed by atoms with Crippen molar-refractivity contribution in [3.05, 3.63) is 59.3 Å². The Hall–Kier alpha value is -3.59. The maximum atomic E-state index is 12.5. The average Bonchev–Trinajstić information content (AvgIpc) is 3.24. The first-order valence-electron chi connectivity index (χ1n) is 9.48. The Labute approximate surface area is 166 Å². The van der Waals surface area contributed by atoms with Crippen LogP contribution < -0.4 is 10.5 Å². The van der Waals surface area contributed by atoms with Crippen molar-refractivity contribution in [2.45, 2.75) is 0 Å². The average molecular weight is 388 g/mol. The molecule has 9 nitrogen and oxygen atoms in total. The number of H-pyrrole nitrogens is 1. The highest BCUT2D eigenvalue weighted by molar-refractivity contribution is 5.82. The standard InChI is InChI=1S/C20H20N8O/c1-26-6-8-27(9-7-26)20-21-11-15(12-22-20)28-13-18(24-25-28)16-10-14-4-2-3-5-17(14)23-19(16)29/h2-5,10-13H,6-9H2,1H3,(H,23,29). The number of pyridine rings is 1. The quantitative estimate of drug-likeness (QED) is 0.565. The molecule has 5 rings (SSSR count). The zero-order valence-corrected chi connectivity index (χ0v) is 16.0. The predicted molar refractivity (Wildman–Crippen MR) is 110 cm³/mol. The Morgan fingerprint density at radius 1 is 1.03 bits per heavy atom. The van der Waals surface area contributed by atoms with Crippen LogP contribution in [0.4, 0.5) is 5.95 Å². The summed E-state index contributed by atoms with van der Waals surface area (Å²) in [5, 5.41) is 9.26. The van der Waals surface area contributed by atoms with Gasteiger partial charge in [-0.2, -0.15) is 0 Å². The normalized spacial score (nSPS) is 15.1. The first-order chi connectivity index (χ1) is 14.2. The van der Waals surface area contributed by atoms with E-state index in [-0.39, 0.29) is 5.56 Å². The molecule has 3 aromatic heterocycles. The fourth-order valence-electron chi connectivity index (χ4n) is 3.45. The fourth-order valence-corrected chi connectivity index (χ4v) is 3.45. The van der Waals surface area contributed by atoms with Gasteiger partial charge in [0.2, 0.25) is 5.95 Å². The molecule has 0 aliphatic carbocycles. The second-order valence-electron chi connectivity index (χ2n) is 7.18. The van der Waals surface area contributed by atoms with Crippen LogP contribution in [0, 0.1) is 0 Å². The van der Waals surface area contributed by atoms with Gasteiger partial charge < -0.3 is 14.8 Å². The number of para-hydroxylation sites is 1. The van der Waals surface area contributed by atoms with Crippen molar-refractivity contribution in [2.75, 3.05) is 38.1 Å². The van der Waals surface area contributed by atoms with E-state index in [0.29, 0.717) is 22.9 Å². The van der Waals surface area contributed by atoms with Crippen LogP contribution in [-0.4, -0.2) is 68.1 Å². The zero-order valence-electron chi connectivity index (χ0n) is 16.0. The molecule has 29 heavy (non-hydrogen) atoms. The number of hydrogen-bond acceptors (Lipinski definition) is 7. The van der Waals surface area contributed by atoms with E-state index in [1.54, 1.807) is 23.3 Å². The number of likely N-dealkylation sites (N-methyl/N-ethyl adjacent to an activating group) is 1. The van der Waals surface area contributed by atoms with Crippen LogP contribution in [0.2, 0.25) is 0 Å². The van der Waals surface area contributed by atoms with Crippen molar-refractivity contribution in [3.8, 4) is 16.9 Å². The molecule has 0 saturated carbocycles. The van der Waals surface area contributed by atoms with Gasteiger partial charge in [0, 0.05) is 31.7 Å². The minimum Gasteiger partial charge on any atom is -0.338 e. The SMILES string of the molecule is CN1CCN(c2ncc(-n3cc(-c4cc5ccccc5[nH]c4=O)nn3)cn2)CC1. The number of anilines is 1. The number of nitrogens with one attached hydrogen (secondary N) is 1. The first-order valence-corrected chi connectivity index (χ1v) is 9.48. The van der Waals surface area contributed by atoms with Crippen molar-refractivity contribution in [1.29, 1.82) is 0 Å². The van der Waals surface area contributed by atoms with Gasteiger partial charge in [0.25, 0.3) is 5.56 Å². The third-order valence-corrected chi connectivity index (χ3v) is 5.20. The van der Waals surface area contributed by atoms with E-state index >= 15 is 0 Å². The number of aromatic nitrogens is 6. The second-order valence-corrected chi connectivity index (χ2v) is 7.18. The minimum absolute atomic E-state index is 0.197. The lowest BCUT2D eigenvalue weighted by Gasteiger charge is -2.32. The lowest BCUT2D eigenvalue weighted by atomic mass is 10.1. The summed E-state index contributed by atoms with van der Waals surface area (Å²) in [5.74, 6) is 0.716.